The van der Waals surface area contributed by atoms with Crippen LogP contribution in [0.2, 0.25) is 0 Å². The maximum absolute atomic E-state index is 11.9. The van der Waals surface area contributed by atoms with Crippen LogP contribution in [0.1, 0.15) is 18.9 Å². The van der Waals surface area contributed by atoms with E-state index in [2.05, 4.69) is 10.6 Å². The SMILES string of the molecule is CCC(=O)Nc1ccc(C)c(NC(=O)C(CN)OC)c1.Cl. The lowest BCUT2D eigenvalue weighted by atomic mass is 10.1. The predicted molar refractivity (Wildman–Crippen MR) is 85.8 cm³/mol. The van der Waals surface area contributed by atoms with Gasteiger partial charge in [-0.2, -0.15) is 0 Å². The summed E-state index contributed by atoms with van der Waals surface area (Å²) in [7, 11) is 1.43. The molecule has 0 heterocycles. The molecule has 7 heteroatoms. The van der Waals surface area contributed by atoms with E-state index in [4.69, 9.17) is 10.5 Å². The molecule has 1 rings (SSSR count). The number of carbonyl (C=O) groups excluding carboxylic acids is 2. The van der Waals surface area contributed by atoms with Crippen molar-refractivity contribution >= 4 is 35.6 Å². The Labute approximate surface area is 130 Å². The first-order chi connectivity index (χ1) is 9.51. The van der Waals surface area contributed by atoms with Gasteiger partial charge in [0, 0.05) is 31.5 Å². The van der Waals surface area contributed by atoms with Gasteiger partial charge in [-0.05, 0) is 24.6 Å². The lowest BCUT2D eigenvalue weighted by Crippen LogP contribution is -2.36. The van der Waals surface area contributed by atoms with Gasteiger partial charge in [-0.15, -0.1) is 12.4 Å². The predicted octanol–water partition coefficient (Wildman–Crippen LogP) is 1.68. The van der Waals surface area contributed by atoms with Crippen LogP contribution in [0.5, 0.6) is 0 Å². The van der Waals surface area contributed by atoms with Crippen LogP contribution in [0.3, 0.4) is 0 Å². The van der Waals surface area contributed by atoms with Crippen LogP contribution < -0.4 is 16.4 Å². The van der Waals surface area contributed by atoms with Crippen molar-refractivity contribution in [3.63, 3.8) is 0 Å². The molecule has 0 saturated carbocycles. The van der Waals surface area contributed by atoms with Crippen LogP contribution in [0.15, 0.2) is 18.2 Å². The summed E-state index contributed by atoms with van der Waals surface area (Å²) in [5.41, 5.74) is 7.60. The summed E-state index contributed by atoms with van der Waals surface area (Å²) < 4.78 is 4.98. The topological polar surface area (TPSA) is 93.5 Å². The van der Waals surface area contributed by atoms with Gasteiger partial charge >= 0.3 is 0 Å². The number of methoxy groups -OCH3 is 1. The van der Waals surface area contributed by atoms with Gasteiger partial charge in [0.05, 0.1) is 0 Å². The Morgan fingerprint density at radius 1 is 1.33 bits per heavy atom. The molecule has 6 nitrogen and oxygen atoms in total. The summed E-state index contributed by atoms with van der Waals surface area (Å²) in [5, 5.41) is 5.49. The Balaban J connectivity index is 0.00000400. The van der Waals surface area contributed by atoms with Gasteiger partial charge in [-0.1, -0.05) is 13.0 Å². The highest BCUT2D eigenvalue weighted by molar-refractivity contribution is 5.96. The number of carbonyl (C=O) groups is 2. The fourth-order valence-electron chi connectivity index (χ4n) is 1.61. The van der Waals surface area contributed by atoms with E-state index in [0.717, 1.165) is 5.56 Å². The summed E-state index contributed by atoms with van der Waals surface area (Å²) in [6.45, 7) is 3.75. The molecule has 0 aliphatic heterocycles. The minimum Gasteiger partial charge on any atom is -0.370 e. The van der Waals surface area contributed by atoms with Crippen LogP contribution in [0.4, 0.5) is 11.4 Å². The number of aryl methyl sites for hydroxylation is 1. The van der Waals surface area contributed by atoms with Gasteiger partial charge in [0.1, 0.15) is 6.10 Å². The Morgan fingerprint density at radius 2 is 2.00 bits per heavy atom. The van der Waals surface area contributed by atoms with Gasteiger partial charge < -0.3 is 21.1 Å². The van der Waals surface area contributed by atoms with E-state index < -0.39 is 6.10 Å². The second-order valence-electron chi connectivity index (χ2n) is 4.38. The number of nitrogens with one attached hydrogen (secondary N) is 2. The van der Waals surface area contributed by atoms with Gasteiger partial charge in [-0.3, -0.25) is 9.59 Å². The van der Waals surface area contributed by atoms with E-state index in [-0.39, 0.29) is 30.8 Å². The maximum atomic E-state index is 11.9. The minimum atomic E-state index is -0.691. The van der Waals surface area contributed by atoms with Crippen molar-refractivity contribution in [2.45, 2.75) is 26.4 Å². The first kappa shape index (κ1) is 19.4. The molecule has 1 aromatic rings. The van der Waals surface area contributed by atoms with Gasteiger partial charge in [0.25, 0.3) is 5.91 Å². The number of hydrogen-bond acceptors (Lipinski definition) is 4. The Morgan fingerprint density at radius 3 is 2.52 bits per heavy atom. The molecule has 0 aliphatic rings. The van der Waals surface area contributed by atoms with Crippen molar-refractivity contribution in [2.75, 3.05) is 24.3 Å². The van der Waals surface area contributed by atoms with Gasteiger partial charge in [0.2, 0.25) is 5.91 Å². The molecule has 0 bridgehead atoms. The van der Waals surface area contributed by atoms with Gasteiger partial charge in [0.15, 0.2) is 0 Å². The van der Waals surface area contributed by atoms with E-state index in [0.29, 0.717) is 17.8 Å². The molecule has 0 saturated heterocycles. The lowest BCUT2D eigenvalue weighted by Gasteiger charge is -2.15. The zero-order valence-corrected chi connectivity index (χ0v) is 13.3. The number of anilines is 2. The number of halogens is 1. The molecule has 0 spiro atoms. The van der Waals surface area contributed by atoms with E-state index in [1.54, 1.807) is 19.1 Å². The monoisotopic (exact) mass is 315 g/mol. The standard InChI is InChI=1S/C14H21N3O3.ClH/c1-4-13(18)16-10-6-5-9(2)11(7-10)17-14(19)12(8-15)20-3;/h5-7,12H,4,8,15H2,1-3H3,(H,16,18)(H,17,19);1H. The van der Waals surface area contributed by atoms with Crippen LogP contribution >= 0.6 is 12.4 Å². The molecule has 0 radical (unpaired) electrons. The molecule has 1 atom stereocenters. The van der Waals surface area contributed by atoms with Crippen molar-refractivity contribution in [1.29, 1.82) is 0 Å². The number of rotatable bonds is 6. The smallest absolute Gasteiger partial charge is 0.254 e. The largest absolute Gasteiger partial charge is 0.370 e. The molecule has 21 heavy (non-hydrogen) atoms. The highest BCUT2D eigenvalue weighted by Crippen LogP contribution is 2.20. The van der Waals surface area contributed by atoms with Crippen LogP contribution in [0.25, 0.3) is 0 Å². The van der Waals surface area contributed by atoms with E-state index in [9.17, 15) is 9.59 Å². The highest BCUT2D eigenvalue weighted by atomic mass is 35.5. The van der Waals surface area contributed by atoms with Crippen LogP contribution in [-0.4, -0.2) is 31.6 Å². The van der Waals surface area contributed by atoms with E-state index in [1.807, 2.05) is 13.0 Å². The third-order valence-electron chi connectivity index (χ3n) is 2.89. The third-order valence-corrected chi connectivity index (χ3v) is 2.89. The molecule has 1 aromatic carbocycles. The quantitative estimate of drug-likeness (QED) is 0.744. The van der Waals surface area contributed by atoms with Crippen LogP contribution in [0, 0.1) is 6.92 Å². The summed E-state index contributed by atoms with van der Waals surface area (Å²) in [6, 6.07) is 5.32. The average Bonchev–Trinajstić information content (AvgIpc) is 2.43. The Bertz CT molecular complexity index is 490. The molecule has 1 unspecified atom stereocenters. The summed E-state index contributed by atoms with van der Waals surface area (Å²) in [6.07, 6.45) is -0.294. The molecular formula is C14H22ClN3O3. The summed E-state index contributed by atoms with van der Waals surface area (Å²) in [4.78, 5) is 23.3. The second kappa shape index (κ2) is 9.33. The molecular weight excluding hydrogens is 294 g/mol. The number of hydrogen-bond donors (Lipinski definition) is 3. The van der Waals surface area contributed by atoms with Crippen molar-refractivity contribution < 1.29 is 14.3 Å². The third kappa shape index (κ3) is 5.71. The molecule has 4 N–H and O–H groups in total. The van der Waals surface area contributed by atoms with Crippen molar-refractivity contribution in [1.82, 2.24) is 0 Å². The number of ether oxygens (including phenoxy) is 1. The van der Waals surface area contributed by atoms with Crippen molar-refractivity contribution in [2.24, 2.45) is 5.73 Å². The normalized spacial score (nSPS) is 11.2. The second-order valence-corrected chi connectivity index (χ2v) is 4.38. The average molecular weight is 316 g/mol. The van der Waals surface area contributed by atoms with Crippen molar-refractivity contribution in [3.05, 3.63) is 23.8 Å². The zero-order chi connectivity index (χ0) is 15.1. The Hall–Kier alpha value is -1.63. The zero-order valence-electron chi connectivity index (χ0n) is 12.4. The first-order valence-electron chi connectivity index (χ1n) is 6.46. The van der Waals surface area contributed by atoms with Gasteiger partial charge in [-0.25, -0.2) is 0 Å². The Kier molecular flexibility index (Phi) is 8.61. The fraction of sp³-hybridized carbons (Fsp3) is 0.429. The lowest BCUT2D eigenvalue weighted by molar-refractivity contribution is -0.125. The number of benzene rings is 1. The van der Waals surface area contributed by atoms with E-state index >= 15 is 0 Å². The minimum absolute atomic E-state index is 0. The molecule has 118 valence electrons. The first-order valence-corrected chi connectivity index (χ1v) is 6.46. The summed E-state index contributed by atoms with van der Waals surface area (Å²) in [5.74, 6) is -0.389. The maximum Gasteiger partial charge on any atom is 0.254 e. The number of nitrogens with two attached hydrogens (primary N) is 1. The highest BCUT2D eigenvalue weighted by Gasteiger charge is 2.16. The number of amides is 2. The fourth-order valence-corrected chi connectivity index (χ4v) is 1.61. The molecule has 0 aromatic heterocycles. The van der Waals surface area contributed by atoms with E-state index in [1.165, 1.54) is 7.11 Å². The van der Waals surface area contributed by atoms with Crippen molar-refractivity contribution in [3.8, 4) is 0 Å². The molecule has 2 amide bonds. The van der Waals surface area contributed by atoms with Crippen LogP contribution in [-0.2, 0) is 14.3 Å². The molecule has 0 aliphatic carbocycles. The molecule has 0 fully saturated rings. The summed E-state index contributed by atoms with van der Waals surface area (Å²) >= 11 is 0.